The molecule has 3 nitrogen and oxygen atoms in total. The molecule has 2 rings (SSSR count). The average molecular weight is 283 g/mol. The van der Waals surface area contributed by atoms with E-state index in [0.29, 0.717) is 18.7 Å². The van der Waals surface area contributed by atoms with Gasteiger partial charge in [-0.1, -0.05) is 30.3 Å². The number of carbonyl (C=O) groups excluding carboxylic acids is 1. The Morgan fingerprint density at radius 2 is 1.76 bits per heavy atom. The molecule has 2 aromatic rings. The van der Waals surface area contributed by atoms with Crippen LogP contribution in [0.25, 0.3) is 0 Å². The van der Waals surface area contributed by atoms with Crippen LogP contribution < -0.4 is 5.32 Å². The lowest BCUT2D eigenvalue weighted by atomic mass is 10.1. The van der Waals surface area contributed by atoms with Crippen molar-refractivity contribution in [2.45, 2.75) is 27.0 Å². The molecule has 0 radical (unpaired) electrons. The molecule has 1 amide bonds. The molecule has 0 aliphatic carbocycles. The number of nitrogens with one attached hydrogen (secondary N) is 1. The predicted molar refractivity (Wildman–Crippen MR) is 84.2 cm³/mol. The molecule has 110 valence electrons. The highest BCUT2D eigenvalue weighted by Gasteiger charge is 2.08. The number of aryl methyl sites for hydroxylation is 2. The summed E-state index contributed by atoms with van der Waals surface area (Å²) in [4.78, 5) is 12.2. The normalized spacial score (nSPS) is 10.4. The lowest BCUT2D eigenvalue weighted by Crippen LogP contribution is -2.23. The molecule has 0 aliphatic rings. The number of methoxy groups -OCH3 is 1. The van der Waals surface area contributed by atoms with E-state index in [9.17, 15) is 4.79 Å². The molecule has 0 spiro atoms. The van der Waals surface area contributed by atoms with Crippen LogP contribution in [0.15, 0.2) is 42.5 Å². The monoisotopic (exact) mass is 283 g/mol. The van der Waals surface area contributed by atoms with Gasteiger partial charge in [0.1, 0.15) is 0 Å². The van der Waals surface area contributed by atoms with Crippen LogP contribution in [0.5, 0.6) is 0 Å². The first-order valence-corrected chi connectivity index (χ1v) is 7.03. The number of benzene rings is 2. The van der Waals surface area contributed by atoms with E-state index >= 15 is 0 Å². The molecule has 1 N–H and O–H groups in total. The number of hydrogen-bond acceptors (Lipinski definition) is 2. The fraction of sp³-hybridized carbons (Fsp3) is 0.278. The second-order valence-electron chi connectivity index (χ2n) is 5.18. The van der Waals surface area contributed by atoms with Gasteiger partial charge < -0.3 is 10.1 Å². The average Bonchev–Trinajstić information content (AvgIpc) is 2.49. The standard InChI is InChI=1S/C18H21NO2/c1-13-8-9-15(10-14(13)2)18(20)19-11-16-6-4-5-7-17(16)12-21-3/h4-10H,11-12H2,1-3H3,(H,19,20). The van der Waals surface area contributed by atoms with Crippen LogP contribution in [-0.4, -0.2) is 13.0 Å². The van der Waals surface area contributed by atoms with E-state index < -0.39 is 0 Å². The zero-order valence-corrected chi connectivity index (χ0v) is 12.8. The van der Waals surface area contributed by atoms with Gasteiger partial charge in [-0.25, -0.2) is 0 Å². The fourth-order valence-corrected chi connectivity index (χ4v) is 2.19. The van der Waals surface area contributed by atoms with Crippen molar-refractivity contribution >= 4 is 5.91 Å². The number of ether oxygens (including phenoxy) is 1. The Balaban J connectivity index is 2.05. The predicted octanol–water partition coefficient (Wildman–Crippen LogP) is 3.38. The van der Waals surface area contributed by atoms with Gasteiger partial charge in [0.05, 0.1) is 6.61 Å². The summed E-state index contributed by atoms with van der Waals surface area (Å²) in [6.07, 6.45) is 0. The second-order valence-corrected chi connectivity index (χ2v) is 5.18. The van der Waals surface area contributed by atoms with E-state index in [-0.39, 0.29) is 5.91 Å². The van der Waals surface area contributed by atoms with Crippen LogP contribution in [0.1, 0.15) is 32.6 Å². The van der Waals surface area contributed by atoms with E-state index in [1.807, 2.05) is 56.3 Å². The Morgan fingerprint density at radius 3 is 2.43 bits per heavy atom. The maximum atomic E-state index is 12.2. The summed E-state index contributed by atoms with van der Waals surface area (Å²) in [5.74, 6) is -0.0506. The number of hydrogen-bond donors (Lipinski definition) is 1. The zero-order chi connectivity index (χ0) is 15.2. The highest BCUT2D eigenvalue weighted by molar-refractivity contribution is 5.94. The van der Waals surface area contributed by atoms with Gasteiger partial charge >= 0.3 is 0 Å². The van der Waals surface area contributed by atoms with Crippen molar-refractivity contribution in [1.29, 1.82) is 0 Å². The molecule has 0 aromatic heterocycles. The lowest BCUT2D eigenvalue weighted by Gasteiger charge is -2.11. The topological polar surface area (TPSA) is 38.3 Å². The molecule has 0 aliphatic heterocycles. The van der Waals surface area contributed by atoms with Crippen LogP contribution in [0.3, 0.4) is 0 Å². The Hall–Kier alpha value is -2.13. The molecule has 21 heavy (non-hydrogen) atoms. The summed E-state index contributed by atoms with van der Waals surface area (Å²) in [7, 11) is 1.67. The smallest absolute Gasteiger partial charge is 0.251 e. The lowest BCUT2D eigenvalue weighted by molar-refractivity contribution is 0.0950. The Labute approximate surface area is 126 Å². The molecule has 0 bridgehead atoms. The Bertz CT molecular complexity index is 635. The van der Waals surface area contributed by atoms with Crippen molar-refractivity contribution in [1.82, 2.24) is 5.32 Å². The molecule has 0 atom stereocenters. The minimum Gasteiger partial charge on any atom is -0.380 e. The number of rotatable bonds is 5. The molecular formula is C18H21NO2. The minimum atomic E-state index is -0.0506. The van der Waals surface area contributed by atoms with Gasteiger partial charge in [-0.05, 0) is 48.2 Å². The van der Waals surface area contributed by atoms with Crippen molar-refractivity contribution in [3.05, 3.63) is 70.3 Å². The van der Waals surface area contributed by atoms with E-state index in [1.54, 1.807) is 7.11 Å². The van der Waals surface area contributed by atoms with E-state index in [0.717, 1.165) is 16.7 Å². The SMILES string of the molecule is COCc1ccccc1CNC(=O)c1ccc(C)c(C)c1. The van der Waals surface area contributed by atoms with Crippen LogP contribution in [0, 0.1) is 13.8 Å². The third-order valence-electron chi connectivity index (χ3n) is 3.63. The molecule has 0 heterocycles. The summed E-state index contributed by atoms with van der Waals surface area (Å²) in [6, 6.07) is 13.7. The van der Waals surface area contributed by atoms with Crippen molar-refractivity contribution in [3.63, 3.8) is 0 Å². The quantitative estimate of drug-likeness (QED) is 0.913. The van der Waals surface area contributed by atoms with Gasteiger partial charge in [-0.3, -0.25) is 4.79 Å². The van der Waals surface area contributed by atoms with Gasteiger partial charge in [-0.15, -0.1) is 0 Å². The summed E-state index contributed by atoms with van der Waals surface area (Å²) >= 11 is 0. The minimum absolute atomic E-state index is 0.0506. The molecular weight excluding hydrogens is 262 g/mol. The van der Waals surface area contributed by atoms with Gasteiger partial charge in [0, 0.05) is 19.2 Å². The van der Waals surface area contributed by atoms with Crippen LogP contribution in [0.4, 0.5) is 0 Å². The largest absolute Gasteiger partial charge is 0.380 e. The summed E-state index contributed by atoms with van der Waals surface area (Å²) in [6.45, 7) is 5.11. The first-order valence-electron chi connectivity index (χ1n) is 7.03. The summed E-state index contributed by atoms with van der Waals surface area (Å²) in [5, 5.41) is 2.97. The van der Waals surface area contributed by atoms with E-state index in [4.69, 9.17) is 4.74 Å². The van der Waals surface area contributed by atoms with Gasteiger partial charge in [0.2, 0.25) is 0 Å². The van der Waals surface area contributed by atoms with Gasteiger partial charge in [-0.2, -0.15) is 0 Å². The van der Waals surface area contributed by atoms with Crippen LogP contribution >= 0.6 is 0 Å². The van der Waals surface area contributed by atoms with Gasteiger partial charge in [0.25, 0.3) is 5.91 Å². The molecule has 3 heteroatoms. The molecule has 0 saturated heterocycles. The highest BCUT2D eigenvalue weighted by atomic mass is 16.5. The fourth-order valence-electron chi connectivity index (χ4n) is 2.19. The molecule has 0 unspecified atom stereocenters. The third kappa shape index (κ3) is 3.92. The highest BCUT2D eigenvalue weighted by Crippen LogP contribution is 2.12. The maximum absolute atomic E-state index is 12.2. The molecule has 0 saturated carbocycles. The van der Waals surface area contributed by atoms with E-state index in [2.05, 4.69) is 5.32 Å². The number of amides is 1. The van der Waals surface area contributed by atoms with Gasteiger partial charge in [0.15, 0.2) is 0 Å². The van der Waals surface area contributed by atoms with Crippen molar-refractivity contribution in [2.24, 2.45) is 0 Å². The van der Waals surface area contributed by atoms with E-state index in [1.165, 1.54) is 5.56 Å². The molecule has 2 aromatic carbocycles. The van der Waals surface area contributed by atoms with Crippen molar-refractivity contribution in [3.8, 4) is 0 Å². The molecule has 0 fully saturated rings. The Kier molecular flexibility index (Phi) is 5.12. The summed E-state index contributed by atoms with van der Waals surface area (Å²) in [5.41, 5.74) is 5.19. The second kappa shape index (κ2) is 7.04. The number of carbonyl (C=O) groups is 1. The first-order chi connectivity index (χ1) is 10.1. The van der Waals surface area contributed by atoms with Crippen LogP contribution in [0.2, 0.25) is 0 Å². The first kappa shape index (κ1) is 15.3. The third-order valence-corrected chi connectivity index (χ3v) is 3.63. The van der Waals surface area contributed by atoms with Crippen molar-refractivity contribution < 1.29 is 9.53 Å². The van der Waals surface area contributed by atoms with Crippen molar-refractivity contribution in [2.75, 3.05) is 7.11 Å². The summed E-state index contributed by atoms with van der Waals surface area (Å²) < 4.78 is 5.18. The van der Waals surface area contributed by atoms with Crippen LogP contribution in [-0.2, 0) is 17.9 Å². The zero-order valence-electron chi connectivity index (χ0n) is 12.8. The Morgan fingerprint density at radius 1 is 1.05 bits per heavy atom. The maximum Gasteiger partial charge on any atom is 0.251 e.